The molecule has 2 N–H and O–H groups in total. The fraction of sp³-hybridized carbons (Fsp3) is 0.556. The number of rotatable bonds is 4. The third-order valence-electron chi connectivity index (χ3n) is 5.14. The number of fused-ring (bicyclic) bond motifs is 2. The molecule has 0 unspecified atom stereocenters. The number of carbonyl (C=O) groups excluding carboxylic acids is 2. The summed E-state index contributed by atoms with van der Waals surface area (Å²) in [7, 11) is 0. The summed E-state index contributed by atoms with van der Waals surface area (Å²) in [4.78, 5) is 26.6. The molecule has 0 spiro atoms. The van der Waals surface area contributed by atoms with Gasteiger partial charge in [-0.2, -0.15) is 0 Å². The van der Waals surface area contributed by atoms with Crippen LogP contribution in [0.25, 0.3) is 0 Å². The minimum Gasteiger partial charge on any atom is -0.370 e. The van der Waals surface area contributed by atoms with Crippen LogP contribution < -0.4 is 10.6 Å². The Bertz CT molecular complexity index is 662. The molecule has 3 atom stereocenters. The lowest BCUT2D eigenvalue weighted by Gasteiger charge is -2.32. The second-order valence-corrected chi connectivity index (χ2v) is 7.61. The van der Waals surface area contributed by atoms with Crippen LogP contribution in [0.3, 0.4) is 0 Å². The molecule has 134 valence electrons. The predicted molar refractivity (Wildman–Crippen MR) is 94.5 cm³/mol. The number of benzene rings is 1. The normalized spacial score (nSPS) is 27.9. The fourth-order valence-electron chi connectivity index (χ4n) is 3.53. The minimum atomic E-state index is -0.214. The average Bonchev–Trinajstić information content (AvgIpc) is 3.39. The van der Waals surface area contributed by atoms with Crippen LogP contribution in [0.1, 0.15) is 19.3 Å². The summed E-state index contributed by atoms with van der Waals surface area (Å²) in [6.45, 7) is 1.73. The smallest absolute Gasteiger partial charge is 0.322 e. The summed E-state index contributed by atoms with van der Waals surface area (Å²) in [5.74, 6) is 0.573. The Morgan fingerprint density at radius 2 is 1.96 bits per heavy atom. The van der Waals surface area contributed by atoms with Crippen LogP contribution >= 0.6 is 11.6 Å². The first kappa shape index (κ1) is 16.7. The van der Waals surface area contributed by atoms with E-state index in [9.17, 15) is 9.59 Å². The number of urea groups is 1. The van der Waals surface area contributed by atoms with E-state index in [-0.39, 0.29) is 30.1 Å². The Morgan fingerprint density at radius 1 is 1.20 bits per heavy atom. The zero-order valence-corrected chi connectivity index (χ0v) is 14.7. The number of nitrogens with zero attached hydrogens (tertiary/aromatic N) is 1. The van der Waals surface area contributed by atoms with E-state index in [0.717, 1.165) is 6.54 Å². The number of morpholine rings is 1. The molecule has 0 aromatic heterocycles. The first-order valence-electron chi connectivity index (χ1n) is 8.83. The molecule has 3 amide bonds. The molecule has 3 aliphatic rings. The second-order valence-electron chi connectivity index (χ2n) is 7.17. The van der Waals surface area contributed by atoms with Gasteiger partial charge in [-0.15, -0.1) is 0 Å². The molecule has 1 saturated carbocycles. The van der Waals surface area contributed by atoms with Gasteiger partial charge in [0.1, 0.15) is 0 Å². The van der Waals surface area contributed by atoms with E-state index >= 15 is 0 Å². The van der Waals surface area contributed by atoms with Crippen LogP contribution in [0.5, 0.6) is 0 Å². The van der Waals surface area contributed by atoms with Gasteiger partial charge in [-0.3, -0.25) is 4.79 Å². The van der Waals surface area contributed by atoms with Crippen LogP contribution in [0.15, 0.2) is 24.3 Å². The zero-order valence-electron chi connectivity index (χ0n) is 13.9. The maximum absolute atomic E-state index is 12.5. The fourth-order valence-corrected chi connectivity index (χ4v) is 3.66. The third-order valence-corrected chi connectivity index (χ3v) is 5.39. The molecule has 25 heavy (non-hydrogen) atoms. The first-order chi connectivity index (χ1) is 12.1. The number of halogens is 1. The lowest BCUT2D eigenvalue weighted by Crippen LogP contribution is -2.49. The largest absolute Gasteiger partial charge is 0.370 e. The molecule has 2 saturated heterocycles. The quantitative estimate of drug-likeness (QED) is 0.863. The van der Waals surface area contributed by atoms with Crippen molar-refractivity contribution in [1.82, 2.24) is 10.2 Å². The van der Waals surface area contributed by atoms with E-state index in [1.54, 1.807) is 29.2 Å². The standard InChI is InChI=1S/C18H22ClN3O3/c19-12-3-5-13(6-4-12)21-18(24)22-9-14-7-15(16(10-22)25-14)17(23)20-8-11-1-2-11/h3-6,11,14-16H,1-2,7-10H2,(H,20,23)(H,21,24)/t14-,15+,16-/m0/s1. The van der Waals surface area contributed by atoms with E-state index < -0.39 is 0 Å². The van der Waals surface area contributed by atoms with Crippen LogP contribution in [0.2, 0.25) is 5.02 Å². The Hall–Kier alpha value is -1.79. The molecule has 7 heteroatoms. The summed E-state index contributed by atoms with van der Waals surface area (Å²) >= 11 is 5.86. The number of nitrogens with one attached hydrogen (secondary N) is 2. The van der Waals surface area contributed by atoms with Gasteiger partial charge < -0.3 is 20.3 Å². The van der Waals surface area contributed by atoms with Gasteiger partial charge >= 0.3 is 6.03 Å². The highest BCUT2D eigenvalue weighted by Gasteiger charge is 2.45. The van der Waals surface area contributed by atoms with Gasteiger partial charge in [0.15, 0.2) is 0 Å². The maximum atomic E-state index is 12.5. The summed E-state index contributed by atoms with van der Waals surface area (Å²) in [5.41, 5.74) is 0.701. The number of hydrogen-bond donors (Lipinski definition) is 2. The summed E-state index contributed by atoms with van der Waals surface area (Å²) in [5, 5.41) is 6.54. The molecule has 1 aromatic rings. The van der Waals surface area contributed by atoms with E-state index in [2.05, 4.69) is 10.6 Å². The maximum Gasteiger partial charge on any atom is 0.322 e. The molecule has 1 aliphatic carbocycles. The minimum absolute atomic E-state index is 0.0635. The number of likely N-dealkylation sites (tertiary alicyclic amines) is 1. The van der Waals surface area contributed by atoms with E-state index in [1.807, 2.05) is 0 Å². The Balaban J connectivity index is 1.33. The molecule has 2 bridgehead atoms. The molecule has 1 aromatic carbocycles. The number of hydrogen-bond acceptors (Lipinski definition) is 3. The van der Waals surface area contributed by atoms with Crippen molar-refractivity contribution in [3.63, 3.8) is 0 Å². The molecule has 2 heterocycles. The highest BCUT2D eigenvalue weighted by atomic mass is 35.5. The molecular formula is C18H22ClN3O3. The van der Waals surface area contributed by atoms with Crippen molar-refractivity contribution in [2.45, 2.75) is 31.5 Å². The van der Waals surface area contributed by atoms with E-state index in [1.165, 1.54) is 12.8 Å². The molecule has 0 radical (unpaired) electrons. The van der Waals surface area contributed by atoms with E-state index in [0.29, 0.717) is 36.1 Å². The van der Waals surface area contributed by atoms with Gasteiger partial charge in [0.2, 0.25) is 5.91 Å². The molecule has 6 nitrogen and oxygen atoms in total. The van der Waals surface area contributed by atoms with Crippen LogP contribution in [0.4, 0.5) is 10.5 Å². The van der Waals surface area contributed by atoms with Gasteiger partial charge in [-0.1, -0.05) is 11.6 Å². The molecule has 2 aliphatic heterocycles. The van der Waals surface area contributed by atoms with Gasteiger partial charge in [-0.25, -0.2) is 4.79 Å². The third kappa shape index (κ3) is 3.90. The number of ether oxygens (including phenoxy) is 1. The van der Waals surface area contributed by atoms with Crippen molar-refractivity contribution in [1.29, 1.82) is 0 Å². The number of amides is 3. The van der Waals surface area contributed by atoms with E-state index in [4.69, 9.17) is 16.3 Å². The van der Waals surface area contributed by atoms with Crippen molar-refractivity contribution in [3.8, 4) is 0 Å². The van der Waals surface area contributed by atoms with Crippen LogP contribution in [-0.4, -0.2) is 48.7 Å². The predicted octanol–water partition coefficient (Wildman–Crippen LogP) is 2.49. The lowest BCUT2D eigenvalue weighted by molar-refractivity contribution is -0.127. The Labute approximate surface area is 151 Å². The van der Waals surface area contributed by atoms with Crippen molar-refractivity contribution >= 4 is 29.2 Å². The molecule has 3 fully saturated rings. The topological polar surface area (TPSA) is 70.7 Å². The summed E-state index contributed by atoms with van der Waals surface area (Å²) in [6, 6.07) is 6.84. The monoisotopic (exact) mass is 363 g/mol. The van der Waals surface area contributed by atoms with Gasteiger partial charge in [-0.05, 0) is 49.4 Å². The zero-order chi connectivity index (χ0) is 17.4. The van der Waals surface area contributed by atoms with Crippen LogP contribution in [-0.2, 0) is 9.53 Å². The highest BCUT2D eigenvalue weighted by molar-refractivity contribution is 6.30. The number of anilines is 1. The van der Waals surface area contributed by atoms with Crippen molar-refractivity contribution < 1.29 is 14.3 Å². The van der Waals surface area contributed by atoms with Gasteiger partial charge in [0, 0.05) is 30.3 Å². The highest BCUT2D eigenvalue weighted by Crippen LogP contribution is 2.33. The average molecular weight is 364 g/mol. The van der Waals surface area contributed by atoms with Gasteiger partial charge in [0.05, 0.1) is 18.1 Å². The van der Waals surface area contributed by atoms with Crippen LogP contribution in [0, 0.1) is 11.8 Å². The SMILES string of the molecule is O=C(NCC1CC1)[C@@H]1C[C@H]2CN(C(=O)Nc3ccc(Cl)cc3)C[C@@H]1O2. The van der Waals surface area contributed by atoms with Crippen molar-refractivity contribution in [2.24, 2.45) is 11.8 Å². The molecule has 4 rings (SSSR count). The molecular weight excluding hydrogens is 342 g/mol. The Kier molecular flexibility index (Phi) is 4.56. The van der Waals surface area contributed by atoms with Crippen molar-refractivity contribution in [2.75, 3.05) is 25.0 Å². The number of carbonyl (C=O) groups is 2. The lowest BCUT2D eigenvalue weighted by atomic mass is 9.99. The summed E-state index contributed by atoms with van der Waals surface area (Å²) in [6.07, 6.45) is 2.84. The summed E-state index contributed by atoms with van der Waals surface area (Å²) < 4.78 is 5.90. The Morgan fingerprint density at radius 3 is 2.68 bits per heavy atom. The van der Waals surface area contributed by atoms with Crippen molar-refractivity contribution in [3.05, 3.63) is 29.3 Å². The van der Waals surface area contributed by atoms with Gasteiger partial charge in [0.25, 0.3) is 0 Å². The second kappa shape index (κ2) is 6.84. The first-order valence-corrected chi connectivity index (χ1v) is 9.21.